The number of amidine groups is 1. The molecule has 0 aromatic heterocycles. The maximum Gasteiger partial charge on any atom is 0.267 e. The minimum Gasteiger partial charge on any atom is -0.493 e. The van der Waals surface area contributed by atoms with Crippen LogP contribution in [0.1, 0.15) is 16.7 Å². The largest absolute Gasteiger partial charge is 0.493 e. The van der Waals surface area contributed by atoms with Crippen LogP contribution in [0, 0.1) is 0 Å². The van der Waals surface area contributed by atoms with Crippen LogP contribution in [-0.4, -0.2) is 23.1 Å². The molecule has 38 heavy (non-hydrogen) atoms. The van der Waals surface area contributed by atoms with E-state index in [-0.39, 0.29) is 5.91 Å². The van der Waals surface area contributed by atoms with Gasteiger partial charge in [-0.25, -0.2) is 4.99 Å². The summed E-state index contributed by atoms with van der Waals surface area (Å²) < 4.78 is 11.6. The first kappa shape index (κ1) is 25.6. The van der Waals surface area contributed by atoms with E-state index in [1.54, 1.807) is 12.0 Å². The third-order valence-electron chi connectivity index (χ3n) is 5.88. The molecule has 1 aliphatic rings. The van der Waals surface area contributed by atoms with Gasteiger partial charge in [-0.1, -0.05) is 84.4 Å². The Labute approximate surface area is 231 Å². The fraction of sp³-hybridized carbons (Fsp3) is 0.0968. The zero-order valence-corrected chi connectivity index (χ0v) is 22.3. The van der Waals surface area contributed by atoms with Gasteiger partial charge < -0.3 is 9.47 Å². The number of nitrogens with zero attached hydrogens (tertiary/aromatic N) is 2. The number of carbonyl (C=O) groups excluding carboxylic acids is 1. The van der Waals surface area contributed by atoms with Crippen molar-refractivity contribution < 1.29 is 14.3 Å². The number of halogens is 1. The molecule has 4 aromatic carbocycles. The summed E-state index contributed by atoms with van der Waals surface area (Å²) in [5.74, 6) is 1.07. The molecule has 0 aliphatic carbocycles. The molecule has 0 bridgehead atoms. The number of hydrogen-bond donors (Lipinski definition) is 0. The lowest BCUT2D eigenvalue weighted by Gasteiger charge is -2.15. The number of amides is 1. The number of aliphatic imine (C=N–C) groups is 1. The van der Waals surface area contributed by atoms with Gasteiger partial charge in [0.25, 0.3) is 5.91 Å². The van der Waals surface area contributed by atoms with E-state index in [4.69, 9.17) is 26.1 Å². The second-order valence-electron chi connectivity index (χ2n) is 8.51. The minimum absolute atomic E-state index is 0.0912. The topological polar surface area (TPSA) is 51.1 Å². The number of ether oxygens (including phenoxy) is 2. The Morgan fingerprint density at radius 1 is 0.895 bits per heavy atom. The number of hydrogen-bond acceptors (Lipinski definition) is 5. The van der Waals surface area contributed by atoms with Crippen LogP contribution in [-0.2, 0) is 17.9 Å². The number of thioether (sulfide) groups is 1. The lowest BCUT2D eigenvalue weighted by Crippen LogP contribution is -2.28. The van der Waals surface area contributed by atoms with Crippen molar-refractivity contribution in [3.8, 4) is 11.5 Å². The van der Waals surface area contributed by atoms with E-state index in [1.165, 1.54) is 11.8 Å². The summed E-state index contributed by atoms with van der Waals surface area (Å²) in [6.45, 7) is 0.756. The Hall–Kier alpha value is -4.00. The first-order valence-electron chi connectivity index (χ1n) is 12.0. The fourth-order valence-corrected chi connectivity index (χ4v) is 5.11. The first-order chi connectivity index (χ1) is 18.6. The average molecular weight is 541 g/mol. The van der Waals surface area contributed by atoms with E-state index in [2.05, 4.69) is 0 Å². The molecule has 1 saturated heterocycles. The highest BCUT2D eigenvalue weighted by molar-refractivity contribution is 8.18. The third-order valence-corrected chi connectivity index (χ3v) is 7.25. The molecule has 5 nitrogen and oxygen atoms in total. The smallest absolute Gasteiger partial charge is 0.267 e. The first-order valence-corrected chi connectivity index (χ1v) is 13.2. The van der Waals surface area contributed by atoms with Crippen LogP contribution >= 0.6 is 23.4 Å². The van der Waals surface area contributed by atoms with Gasteiger partial charge in [-0.3, -0.25) is 9.69 Å². The van der Waals surface area contributed by atoms with E-state index in [9.17, 15) is 4.79 Å². The summed E-state index contributed by atoms with van der Waals surface area (Å²) in [7, 11) is 1.59. The Kier molecular flexibility index (Phi) is 8.12. The average Bonchev–Trinajstić information content (AvgIpc) is 3.22. The van der Waals surface area contributed by atoms with Crippen LogP contribution in [0.3, 0.4) is 0 Å². The second kappa shape index (κ2) is 12.0. The quantitative estimate of drug-likeness (QED) is 0.215. The molecule has 1 fully saturated rings. The number of para-hydroxylation sites is 1. The number of rotatable bonds is 8. The van der Waals surface area contributed by atoms with Gasteiger partial charge in [0.2, 0.25) is 0 Å². The molecule has 190 valence electrons. The number of benzene rings is 4. The van der Waals surface area contributed by atoms with Gasteiger partial charge in [0.1, 0.15) is 6.61 Å². The van der Waals surface area contributed by atoms with Gasteiger partial charge in [-0.2, -0.15) is 0 Å². The summed E-state index contributed by atoms with van der Waals surface area (Å²) in [6, 6.07) is 32.7. The molecule has 1 aliphatic heterocycles. The summed E-state index contributed by atoms with van der Waals surface area (Å²) >= 11 is 7.62. The van der Waals surface area contributed by atoms with Crippen molar-refractivity contribution in [1.82, 2.24) is 4.90 Å². The molecular weight excluding hydrogens is 516 g/mol. The van der Waals surface area contributed by atoms with E-state index in [1.807, 2.05) is 109 Å². The van der Waals surface area contributed by atoms with Gasteiger partial charge in [-0.15, -0.1) is 0 Å². The molecule has 0 atom stereocenters. The third kappa shape index (κ3) is 6.10. The van der Waals surface area contributed by atoms with Gasteiger partial charge in [0.15, 0.2) is 16.7 Å². The molecule has 0 saturated carbocycles. The van der Waals surface area contributed by atoms with Crippen molar-refractivity contribution in [3.63, 3.8) is 0 Å². The standard InChI is InChI=1S/C31H25ClN2O3S/c1-36-28-18-23(16-17-27(28)37-21-24-12-8-9-15-26(24)32)19-29-30(35)34(20-22-10-4-2-5-11-22)31(38-29)33-25-13-6-3-7-14-25/h2-19H,20-21H2,1H3. The van der Waals surface area contributed by atoms with E-state index in [0.29, 0.717) is 39.7 Å². The van der Waals surface area contributed by atoms with Crippen molar-refractivity contribution in [3.05, 3.63) is 130 Å². The van der Waals surface area contributed by atoms with E-state index < -0.39 is 0 Å². The zero-order valence-electron chi connectivity index (χ0n) is 20.7. The molecule has 0 N–H and O–H groups in total. The van der Waals surface area contributed by atoms with Gasteiger partial charge in [0, 0.05) is 10.6 Å². The Morgan fingerprint density at radius 2 is 1.61 bits per heavy atom. The van der Waals surface area contributed by atoms with Crippen molar-refractivity contribution in [2.45, 2.75) is 13.2 Å². The molecule has 5 rings (SSSR count). The molecule has 0 radical (unpaired) electrons. The molecule has 4 aromatic rings. The maximum atomic E-state index is 13.5. The van der Waals surface area contributed by atoms with Crippen LogP contribution in [0.2, 0.25) is 5.02 Å². The Bertz CT molecular complexity index is 1490. The summed E-state index contributed by atoms with van der Waals surface area (Å²) in [6.07, 6.45) is 1.86. The molecule has 0 unspecified atom stereocenters. The molecule has 1 heterocycles. The van der Waals surface area contributed by atoms with Crippen molar-refractivity contribution in [2.24, 2.45) is 4.99 Å². The van der Waals surface area contributed by atoms with E-state index >= 15 is 0 Å². The van der Waals surface area contributed by atoms with Crippen LogP contribution in [0.5, 0.6) is 11.5 Å². The predicted octanol–water partition coefficient (Wildman–Crippen LogP) is 7.73. The highest BCUT2D eigenvalue weighted by Gasteiger charge is 2.33. The lowest BCUT2D eigenvalue weighted by atomic mass is 10.1. The molecular formula is C31H25ClN2O3S. The second-order valence-corrected chi connectivity index (χ2v) is 9.92. The zero-order chi connectivity index (χ0) is 26.3. The van der Waals surface area contributed by atoms with Crippen LogP contribution in [0.4, 0.5) is 5.69 Å². The molecule has 0 spiro atoms. The summed E-state index contributed by atoms with van der Waals surface area (Å²) in [4.78, 5) is 20.6. The van der Waals surface area contributed by atoms with Crippen molar-refractivity contribution in [2.75, 3.05) is 7.11 Å². The summed E-state index contributed by atoms with van der Waals surface area (Å²) in [5, 5.41) is 1.29. The van der Waals surface area contributed by atoms with Gasteiger partial charge in [0.05, 0.1) is 24.2 Å². The van der Waals surface area contributed by atoms with Crippen LogP contribution in [0.25, 0.3) is 6.08 Å². The monoisotopic (exact) mass is 540 g/mol. The maximum absolute atomic E-state index is 13.5. The summed E-state index contributed by atoms with van der Waals surface area (Å²) in [5.41, 5.74) is 3.54. The van der Waals surface area contributed by atoms with Crippen LogP contribution in [0.15, 0.2) is 113 Å². The van der Waals surface area contributed by atoms with Crippen molar-refractivity contribution in [1.29, 1.82) is 0 Å². The van der Waals surface area contributed by atoms with E-state index in [0.717, 1.165) is 22.4 Å². The normalized spacial score (nSPS) is 15.3. The predicted molar refractivity (Wildman–Crippen MR) is 155 cm³/mol. The van der Waals surface area contributed by atoms with Crippen LogP contribution < -0.4 is 9.47 Å². The highest BCUT2D eigenvalue weighted by Crippen LogP contribution is 2.37. The highest BCUT2D eigenvalue weighted by atomic mass is 35.5. The number of carbonyl (C=O) groups is 1. The van der Waals surface area contributed by atoms with Crippen molar-refractivity contribution >= 4 is 46.2 Å². The lowest BCUT2D eigenvalue weighted by molar-refractivity contribution is -0.122. The fourth-order valence-electron chi connectivity index (χ4n) is 3.93. The van der Waals surface area contributed by atoms with Gasteiger partial charge >= 0.3 is 0 Å². The molecule has 7 heteroatoms. The minimum atomic E-state index is -0.0912. The molecule has 1 amide bonds. The Balaban J connectivity index is 1.40. The van der Waals surface area contributed by atoms with Gasteiger partial charge in [-0.05, 0) is 59.3 Å². The number of methoxy groups -OCH3 is 1. The Morgan fingerprint density at radius 3 is 2.34 bits per heavy atom. The SMILES string of the molecule is COc1cc(C=C2SC(=Nc3ccccc3)N(Cc3ccccc3)C2=O)ccc1OCc1ccccc1Cl.